The lowest BCUT2D eigenvalue weighted by atomic mass is 9.95. The molecule has 36 heavy (non-hydrogen) atoms. The quantitative estimate of drug-likeness (QED) is 0.504. The molecule has 4 rings (SSSR count). The first-order valence-electron chi connectivity index (χ1n) is 11.7. The molecule has 10 heteroatoms. The molecule has 2 aromatic heterocycles. The lowest BCUT2D eigenvalue weighted by Crippen LogP contribution is -2.35. The Balaban J connectivity index is 1.41. The first kappa shape index (κ1) is 25.3. The van der Waals surface area contributed by atoms with Gasteiger partial charge in [0, 0.05) is 24.9 Å². The van der Waals surface area contributed by atoms with Crippen molar-refractivity contribution in [3.05, 3.63) is 63.5 Å². The van der Waals surface area contributed by atoms with Crippen molar-refractivity contribution in [3.8, 4) is 11.8 Å². The number of aromatic nitrogens is 2. The highest BCUT2D eigenvalue weighted by molar-refractivity contribution is 7.16. The third-order valence-electron chi connectivity index (χ3n) is 6.35. The van der Waals surface area contributed by atoms with Crippen LogP contribution in [0.2, 0.25) is 0 Å². The highest BCUT2D eigenvalue weighted by Gasteiger charge is 2.28. The number of amides is 2. The van der Waals surface area contributed by atoms with Crippen LogP contribution in [-0.4, -0.2) is 40.1 Å². The van der Waals surface area contributed by atoms with Crippen LogP contribution in [0.15, 0.2) is 30.7 Å². The number of imidazole rings is 1. The molecule has 0 spiro atoms. The van der Waals surface area contributed by atoms with Gasteiger partial charge < -0.3 is 24.3 Å². The fourth-order valence-corrected chi connectivity index (χ4v) is 5.55. The minimum absolute atomic E-state index is 0.0651. The van der Waals surface area contributed by atoms with Crippen molar-refractivity contribution < 1.29 is 19.1 Å². The van der Waals surface area contributed by atoms with Gasteiger partial charge in [-0.25, -0.2) is 9.78 Å². The van der Waals surface area contributed by atoms with Crippen LogP contribution in [0.5, 0.6) is 5.75 Å². The molecule has 0 aliphatic carbocycles. The zero-order chi connectivity index (χ0) is 25.8. The number of benzene rings is 1. The van der Waals surface area contributed by atoms with E-state index < -0.39 is 6.09 Å². The van der Waals surface area contributed by atoms with Gasteiger partial charge in [-0.1, -0.05) is 24.6 Å². The molecule has 1 atom stereocenters. The maximum absolute atomic E-state index is 12.9. The molecule has 9 nitrogen and oxygen atoms in total. The molecule has 0 saturated carbocycles. The van der Waals surface area contributed by atoms with Gasteiger partial charge in [-0.2, -0.15) is 5.26 Å². The normalized spacial score (nSPS) is 13.5. The number of carbonyl (C=O) groups excluding carboxylic acids is 2. The van der Waals surface area contributed by atoms with Gasteiger partial charge in [0.05, 0.1) is 37.4 Å². The van der Waals surface area contributed by atoms with E-state index in [0.717, 1.165) is 33.0 Å². The largest absolute Gasteiger partial charge is 0.496 e. The summed E-state index contributed by atoms with van der Waals surface area (Å²) in [4.78, 5) is 32.1. The number of nitrogens with one attached hydrogen (secondary N) is 1. The first-order valence-corrected chi connectivity index (χ1v) is 12.5. The number of aryl methyl sites for hydroxylation is 2. The van der Waals surface area contributed by atoms with Crippen molar-refractivity contribution >= 4 is 28.3 Å². The van der Waals surface area contributed by atoms with Gasteiger partial charge in [-0.3, -0.25) is 4.79 Å². The second-order valence-electron chi connectivity index (χ2n) is 8.94. The predicted molar refractivity (Wildman–Crippen MR) is 136 cm³/mol. The second-order valence-corrected chi connectivity index (χ2v) is 10.0. The van der Waals surface area contributed by atoms with E-state index >= 15 is 0 Å². The molecular weight excluding hydrogens is 478 g/mol. The van der Waals surface area contributed by atoms with E-state index in [0.29, 0.717) is 30.1 Å². The van der Waals surface area contributed by atoms with Crippen molar-refractivity contribution in [2.75, 3.05) is 19.0 Å². The Bertz CT molecular complexity index is 1320. The molecule has 2 amide bonds. The number of hydrogen-bond acceptors (Lipinski definition) is 7. The maximum atomic E-state index is 12.9. The minimum atomic E-state index is -0.416. The average Bonchev–Trinajstić information content (AvgIpc) is 3.43. The van der Waals surface area contributed by atoms with Gasteiger partial charge in [-0.05, 0) is 36.5 Å². The van der Waals surface area contributed by atoms with Crippen LogP contribution in [0.4, 0.5) is 9.80 Å². The standard InChI is InChI=1S/C26H29N5O4S/c1-16-5-6-22(34-4)20(9-16)17(2)10-24(32)29-25-21(11-27)19-7-8-31(13-23(19)36-25)26(33)35-14-18-12-28-15-30(18)3/h5-6,9,12,15,17H,7-8,10,13-14H2,1-4H3,(H,29,32). The van der Waals surface area contributed by atoms with Crippen LogP contribution >= 0.6 is 11.3 Å². The number of nitriles is 1. The number of carbonyl (C=O) groups is 2. The molecule has 1 aromatic carbocycles. The summed E-state index contributed by atoms with van der Waals surface area (Å²) >= 11 is 1.34. The van der Waals surface area contributed by atoms with Gasteiger partial charge in [0.2, 0.25) is 5.91 Å². The van der Waals surface area contributed by atoms with Crippen LogP contribution in [0.1, 0.15) is 52.1 Å². The van der Waals surface area contributed by atoms with Crippen molar-refractivity contribution in [2.24, 2.45) is 7.05 Å². The lowest BCUT2D eigenvalue weighted by molar-refractivity contribution is -0.116. The van der Waals surface area contributed by atoms with Gasteiger partial charge in [0.15, 0.2) is 0 Å². The summed E-state index contributed by atoms with van der Waals surface area (Å²) in [5, 5.41) is 13.3. The summed E-state index contributed by atoms with van der Waals surface area (Å²) in [5.41, 5.74) is 4.23. The van der Waals surface area contributed by atoms with Gasteiger partial charge in [-0.15, -0.1) is 11.3 Å². The van der Waals surface area contributed by atoms with Crippen molar-refractivity contribution in [3.63, 3.8) is 0 Å². The highest BCUT2D eigenvalue weighted by atomic mass is 32.1. The third-order valence-corrected chi connectivity index (χ3v) is 7.48. The number of nitrogens with zero attached hydrogens (tertiary/aromatic N) is 4. The van der Waals surface area contributed by atoms with E-state index in [4.69, 9.17) is 9.47 Å². The maximum Gasteiger partial charge on any atom is 0.410 e. The summed E-state index contributed by atoms with van der Waals surface area (Å²) in [6.07, 6.45) is 3.67. The summed E-state index contributed by atoms with van der Waals surface area (Å²) in [7, 11) is 3.46. The topological polar surface area (TPSA) is 109 Å². The van der Waals surface area contributed by atoms with Crippen molar-refractivity contribution in [1.29, 1.82) is 5.26 Å². The van der Waals surface area contributed by atoms with Gasteiger partial charge >= 0.3 is 6.09 Å². The fourth-order valence-electron chi connectivity index (χ4n) is 4.32. The van der Waals surface area contributed by atoms with Gasteiger partial charge in [0.1, 0.15) is 23.4 Å². The second kappa shape index (κ2) is 10.8. The lowest BCUT2D eigenvalue weighted by Gasteiger charge is -2.26. The summed E-state index contributed by atoms with van der Waals surface area (Å²) in [5.74, 6) is 0.513. The minimum Gasteiger partial charge on any atom is -0.496 e. The van der Waals surface area contributed by atoms with E-state index in [1.54, 1.807) is 29.1 Å². The van der Waals surface area contributed by atoms with E-state index in [9.17, 15) is 14.9 Å². The zero-order valence-electron chi connectivity index (χ0n) is 20.8. The van der Waals surface area contributed by atoms with Crippen molar-refractivity contribution in [1.82, 2.24) is 14.5 Å². The predicted octanol–water partition coefficient (Wildman–Crippen LogP) is 4.50. The van der Waals surface area contributed by atoms with Crippen LogP contribution in [-0.2, 0) is 36.2 Å². The molecule has 1 unspecified atom stereocenters. The number of methoxy groups -OCH3 is 1. The number of thiophene rings is 1. The van der Waals surface area contributed by atoms with Crippen molar-refractivity contribution in [2.45, 2.75) is 45.8 Å². The monoisotopic (exact) mass is 507 g/mol. The van der Waals surface area contributed by atoms with E-state index in [2.05, 4.69) is 16.4 Å². The fraction of sp³-hybridized carbons (Fsp3) is 0.385. The molecule has 0 radical (unpaired) electrons. The molecule has 0 saturated heterocycles. The molecule has 3 aromatic rings. The Hall–Kier alpha value is -3.84. The Kier molecular flexibility index (Phi) is 7.60. The molecule has 188 valence electrons. The molecule has 1 aliphatic heterocycles. The first-order chi connectivity index (χ1) is 17.3. The molecular formula is C26H29N5O4S. The highest BCUT2D eigenvalue weighted by Crippen LogP contribution is 2.37. The van der Waals surface area contributed by atoms with Crippen LogP contribution < -0.4 is 10.1 Å². The average molecular weight is 508 g/mol. The number of anilines is 1. The third kappa shape index (κ3) is 5.36. The van der Waals surface area contributed by atoms with Gasteiger partial charge in [0.25, 0.3) is 0 Å². The van der Waals surface area contributed by atoms with E-state index in [1.165, 1.54) is 11.3 Å². The number of fused-ring (bicyclic) bond motifs is 1. The molecule has 1 aliphatic rings. The molecule has 1 N–H and O–H groups in total. The van der Waals surface area contributed by atoms with E-state index in [-0.39, 0.29) is 24.9 Å². The number of hydrogen-bond donors (Lipinski definition) is 1. The Morgan fingerprint density at radius 2 is 2.17 bits per heavy atom. The summed E-state index contributed by atoms with van der Waals surface area (Å²) in [6, 6.07) is 8.16. The Morgan fingerprint density at radius 1 is 1.36 bits per heavy atom. The molecule has 0 fully saturated rings. The summed E-state index contributed by atoms with van der Waals surface area (Å²) < 4.78 is 12.7. The SMILES string of the molecule is COc1ccc(C)cc1C(C)CC(=O)Nc1sc2c(c1C#N)CCN(C(=O)OCc1cncn1C)C2. The smallest absolute Gasteiger partial charge is 0.410 e. The van der Waals surface area contributed by atoms with E-state index in [1.807, 2.05) is 39.1 Å². The molecule has 3 heterocycles. The Morgan fingerprint density at radius 3 is 2.86 bits per heavy atom. The number of rotatable bonds is 7. The van der Waals surface area contributed by atoms with Crippen LogP contribution in [0.25, 0.3) is 0 Å². The Labute approximate surface area is 214 Å². The number of ether oxygens (including phenoxy) is 2. The van der Waals surface area contributed by atoms with Crippen LogP contribution in [0.3, 0.4) is 0 Å². The molecule has 0 bridgehead atoms. The summed E-state index contributed by atoms with van der Waals surface area (Å²) in [6.45, 7) is 4.91. The zero-order valence-corrected chi connectivity index (χ0v) is 21.6. The van der Waals surface area contributed by atoms with Crippen LogP contribution in [0, 0.1) is 18.3 Å².